The van der Waals surface area contributed by atoms with Crippen molar-refractivity contribution in [2.75, 3.05) is 4.90 Å². The van der Waals surface area contributed by atoms with Crippen LogP contribution in [0.4, 0.5) is 17.1 Å². The molecule has 0 spiro atoms. The van der Waals surface area contributed by atoms with Crippen molar-refractivity contribution in [3.8, 4) is 11.1 Å². The molecule has 0 aliphatic heterocycles. The maximum atomic E-state index is 11.8. The summed E-state index contributed by atoms with van der Waals surface area (Å²) >= 11 is 0. The van der Waals surface area contributed by atoms with E-state index in [0.29, 0.717) is 0 Å². The van der Waals surface area contributed by atoms with Crippen LogP contribution in [0, 0.1) is 0 Å². The molecule has 0 fully saturated rings. The van der Waals surface area contributed by atoms with E-state index in [1.165, 1.54) is 49.5 Å². The van der Waals surface area contributed by atoms with Gasteiger partial charge in [-0.25, -0.2) is 4.79 Å². The van der Waals surface area contributed by atoms with Crippen molar-refractivity contribution < 1.29 is 9.90 Å². The first-order chi connectivity index (χ1) is 24.1. The third-order valence-corrected chi connectivity index (χ3v) is 10.0. The smallest absolute Gasteiger partial charge is 0.335 e. The van der Waals surface area contributed by atoms with Crippen LogP contribution >= 0.6 is 0 Å². The Bertz CT molecular complexity index is 2480. The van der Waals surface area contributed by atoms with E-state index in [-0.39, 0.29) is 5.56 Å². The summed E-state index contributed by atoms with van der Waals surface area (Å²) in [5.41, 5.74) is 9.90. The van der Waals surface area contributed by atoms with Crippen LogP contribution in [0.1, 0.15) is 32.6 Å². The highest BCUT2D eigenvalue weighted by atomic mass is 16.4. The number of hydrogen-bond acceptors (Lipinski definition) is 2. The molecular formula is C46H31NO2. The molecule has 49 heavy (non-hydrogen) atoms. The number of carbonyl (C=O) groups is 1. The van der Waals surface area contributed by atoms with Crippen LogP contribution < -0.4 is 4.90 Å². The van der Waals surface area contributed by atoms with E-state index in [1.807, 2.05) is 12.1 Å². The summed E-state index contributed by atoms with van der Waals surface area (Å²) in [6, 6.07) is 63.8. The lowest BCUT2D eigenvalue weighted by Crippen LogP contribution is -2.28. The maximum absolute atomic E-state index is 11.8. The molecule has 1 N–H and O–H groups in total. The third kappa shape index (κ3) is 4.55. The Kier molecular flexibility index (Phi) is 6.66. The van der Waals surface area contributed by atoms with Gasteiger partial charge in [0.25, 0.3) is 0 Å². The predicted molar refractivity (Wildman–Crippen MR) is 200 cm³/mol. The van der Waals surface area contributed by atoms with Gasteiger partial charge in [0.05, 0.1) is 11.0 Å². The van der Waals surface area contributed by atoms with E-state index in [2.05, 4.69) is 163 Å². The molecule has 3 heteroatoms. The number of anilines is 3. The Labute approximate surface area is 285 Å². The van der Waals surface area contributed by atoms with Crippen molar-refractivity contribution in [3.63, 3.8) is 0 Å². The van der Waals surface area contributed by atoms with Gasteiger partial charge in [0, 0.05) is 17.1 Å². The number of carboxylic acids is 1. The lowest BCUT2D eigenvalue weighted by Gasteiger charge is -2.35. The van der Waals surface area contributed by atoms with E-state index in [9.17, 15) is 9.90 Å². The van der Waals surface area contributed by atoms with E-state index in [4.69, 9.17) is 0 Å². The average molecular weight is 630 g/mol. The molecule has 8 aromatic rings. The zero-order valence-corrected chi connectivity index (χ0v) is 26.6. The van der Waals surface area contributed by atoms with Gasteiger partial charge in [-0.1, -0.05) is 121 Å². The highest BCUT2D eigenvalue weighted by molar-refractivity contribution is 6.00. The summed E-state index contributed by atoms with van der Waals surface area (Å²) in [6.07, 6.45) is 0. The highest BCUT2D eigenvalue weighted by Gasteiger charge is 2.46. The van der Waals surface area contributed by atoms with Crippen molar-refractivity contribution in [3.05, 3.63) is 210 Å². The van der Waals surface area contributed by atoms with E-state index >= 15 is 0 Å². The fourth-order valence-electron chi connectivity index (χ4n) is 7.84. The minimum Gasteiger partial charge on any atom is -0.478 e. The summed E-state index contributed by atoms with van der Waals surface area (Å²) in [5, 5.41) is 14.4. The zero-order chi connectivity index (χ0) is 33.0. The average Bonchev–Trinajstić information content (AvgIpc) is 3.45. The number of hydrogen-bond donors (Lipinski definition) is 1. The maximum Gasteiger partial charge on any atom is 0.335 e. The van der Waals surface area contributed by atoms with Crippen molar-refractivity contribution in [1.29, 1.82) is 0 Å². The van der Waals surface area contributed by atoms with E-state index in [1.54, 1.807) is 12.1 Å². The van der Waals surface area contributed by atoms with E-state index < -0.39 is 11.4 Å². The number of aromatic carboxylic acids is 1. The largest absolute Gasteiger partial charge is 0.478 e. The first-order valence-electron chi connectivity index (χ1n) is 16.5. The minimum atomic E-state index is -0.943. The second-order valence-electron chi connectivity index (χ2n) is 12.7. The third-order valence-electron chi connectivity index (χ3n) is 10.0. The second kappa shape index (κ2) is 11.4. The number of rotatable bonds is 6. The van der Waals surface area contributed by atoms with Gasteiger partial charge in [0.15, 0.2) is 0 Å². The Hall–Kier alpha value is -6.45. The van der Waals surface area contributed by atoms with Gasteiger partial charge in [0.2, 0.25) is 0 Å². The van der Waals surface area contributed by atoms with Crippen LogP contribution in [0.15, 0.2) is 182 Å². The van der Waals surface area contributed by atoms with Crippen LogP contribution in [-0.4, -0.2) is 11.1 Å². The van der Waals surface area contributed by atoms with Crippen LogP contribution in [-0.2, 0) is 5.41 Å². The minimum absolute atomic E-state index is 0.255. The lowest BCUT2D eigenvalue weighted by atomic mass is 9.67. The molecule has 0 saturated carbocycles. The summed E-state index contributed by atoms with van der Waals surface area (Å²) in [5.74, 6) is -0.943. The Morgan fingerprint density at radius 1 is 0.429 bits per heavy atom. The fourth-order valence-corrected chi connectivity index (χ4v) is 7.84. The van der Waals surface area contributed by atoms with Crippen molar-refractivity contribution in [1.82, 2.24) is 0 Å². The first kappa shape index (κ1) is 28.7. The second-order valence-corrected chi connectivity index (χ2v) is 12.7. The molecule has 0 amide bonds. The highest BCUT2D eigenvalue weighted by Crippen LogP contribution is 2.57. The molecule has 8 aromatic carbocycles. The first-order valence-corrected chi connectivity index (χ1v) is 16.5. The van der Waals surface area contributed by atoms with Crippen molar-refractivity contribution in [2.24, 2.45) is 0 Å². The van der Waals surface area contributed by atoms with Gasteiger partial charge in [-0.3, -0.25) is 0 Å². The number of carboxylic acid groups (broad SMARTS) is 1. The number of nitrogens with zero attached hydrogens (tertiary/aromatic N) is 1. The van der Waals surface area contributed by atoms with Gasteiger partial charge >= 0.3 is 5.97 Å². The zero-order valence-electron chi connectivity index (χ0n) is 26.6. The molecule has 0 saturated heterocycles. The van der Waals surface area contributed by atoms with Crippen LogP contribution in [0.5, 0.6) is 0 Å². The van der Waals surface area contributed by atoms with Gasteiger partial charge in [0.1, 0.15) is 0 Å². The van der Waals surface area contributed by atoms with Crippen LogP contribution in [0.25, 0.3) is 32.7 Å². The number of benzene rings is 8. The Morgan fingerprint density at radius 3 is 1.61 bits per heavy atom. The molecule has 3 nitrogen and oxygen atoms in total. The quantitative estimate of drug-likeness (QED) is 0.186. The summed E-state index contributed by atoms with van der Waals surface area (Å²) < 4.78 is 0. The SMILES string of the molecule is O=C(O)c1ccc(N(c2ccc3c(c2)C(c2ccccc2)(c2ccccc2)c2ccccc2-3)c2ccc3cc4ccccc4cc3c2)cc1. The summed E-state index contributed by atoms with van der Waals surface area (Å²) in [7, 11) is 0. The summed E-state index contributed by atoms with van der Waals surface area (Å²) in [4.78, 5) is 14.1. The predicted octanol–water partition coefficient (Wildman–Crippen LogP) is 11.5. The van der Waals surface area contributed by atoms with Crippen molar-refractivity contribution >= 4 is 44.6 Å². The normalized spacial score (nSPS) is 12.8. The van der Waals surface area contributed by atoms with Crippen LogP contribution in [0.2, 0.25) is 0 Å². The molecule has 0 aromatic heterocycles. The van der Waals surface area contributed by atoms with Gasteiger partial charge in [-0.2, -0.15) is 0 Å². The van der Waals surface area contributed by atoms with Crippen molar-refractivity contribution in [2.45, 2.75) is 5.41 Å². The molecule has 0 bridgehead atoms. The molecule has 1 aliphatic carbocycles. The van der Waals surface area contributed by atoms with Gasteiger partial charge in [-0.15, -0.1) is 0 Å². The van der Waals surface area contributed by atoms with E-state index in [0.717, 1.165) is 22.4 Å². The van der Waals surface area contributed by atoms with Crippen LogP contribution in [0.3, 0.4) is 0 Å². The topological polar surface area (TPSA) is 40.5 Å². The molecular weight excluding hydrogens is 599 g/mol. The molecule has 0 unspecified atom stereocenters. The standard InChI is InChI=1S/C46H31NO2/c48-45(49)31-19-22-38(23-20-31)47(39-24-21-34-27-32-11-7-8-12-33(32)28-35(34)29-39)40-25-26-42-41-17-9-10-18-43(41)46(44(42)30-40,36-13-3-1-4-14-36)37-15-5-2-6-16-37/h1-30H,(H,48,49). The summed E-state index contributed by atoms with van der Waals surface area (Å²) in [6.45, 7) is 0. The molecule has 1 aliphatic rings. The fraction of sp³-hybridized carbons (Fsp3) is 0.0217. The molecule has 0 atom stereocenters. The molecule has 0 heterocycles. The number of fused-ring (bicyclic) bond motifs is 5. The monoisotopic (exact) mass is 629 g/mol. The molecule has 9 rings (SSSR count). The molecule has 232 valence electrons. The van der Waals surface area contributed by atoms with Gasteiger partial charge < -0.3 is 10.0 Å². The lowest BCUT2D eigenvalue weighted by molar-refractivity contribution is 0.0697. The van der Waals surface area contributed by atoms with Gasteiger partial charge in [-0.05, 0) is 116 Å². The Morgan fingerprint density at radius 2 is 0.939 bits per heavy atom. The Balaban J connectivity index is 1.31. The molecule has 0 radical (unpaired) electrons.